The van der Waals surface area contributed by atoms with Crippen molar-refractivity contribution in [3.05, 3.63) is 65.7 Å². The molecular formula is C19H19N5O2. The van der Waals surface area contributed by atoms with Gasteiger partial charge in [-0.1, -0.05) is 29.8 Å². The highest BCUT2D eigenvalue weighted by Crippen LogP contribution is 2.31. The summed E-state index contributed by atoms with van der Waals surface area (Å²) in [5.74, 6) is -0.147. The maximum absolute atomic E-state index is 12.9. The van der Waals surface area contributed by atoms with E-state index in [9.17, 15) is 9.90 Å². The highest BCUT2D eigenvalue weighted by molar-refractivity contribution is 5.95. The number of hydrogen-bond acceptors (Lipinski definition) is 5. The van der Waals surface area contributed by atoms with Crippen LogP contribution >= 0.6 is 0 Å². The number of rotatable bonds is 3. The van der Waals surface area contributed by atoms with Gasteiger partial charge in [0.2, 0.25) is 0 Å². The Morgan fingerprint density at radius 3 is 2.73 bits per heavy atom. The van der Waals surface area contributed by atoms with E-state index in [2.05, 4.69) is 20.4 Å². The molecule has 1 atom stereocenters. The first-order valence-electron chi connectivity index (χ1n) is 8.45. The number of aliphatic hydroxyl groups is 1. The van der Waals surface area contributed by atoms with Crippen LogP contribution in [-0.4, -0.2) is 49.4 Å². The van der Waals surface area contributed by atoms with Crippen LogP contribution in [0.25, 0.3) is 11.1 Å². The van der Waals surface area contributed by atoms with Gasteiger partial charge in [0.05, 0.1) is 18.3 Å². The van der Waals surface area contributed by atoms with Crippen molar-refractivity contribution in [2.24, 2.45) is 0 Å². The minimum atomic E-state index is -1.16. The Bertz CT molecular complexity index is 923. The Labute approximate surface area is 150 Å². The van der Waals surface area contributed by atoms with E-state index in [4.69, 9.17) is 0 Å². The molecule has 0 bridgehead atoms. The molecule has 3 heterocycles. The third-order valence-electron chi connectivity index (χ3n) is 4.80. The molecule has 0 aliphatic carbocycles. The molecule has 7 nitrogen and oxygen atoms in total. The summed E-state index contributed by atoms with van der Waals surface area (Å²) in [7, 11) is 0. The minimum absolute atomic E-state index is 0.147. The minimum Gasteiger partial charge on any atom is -0.381 e. The van der Waals surface area contributed by atoms with Crippen molar-refractivity contribution in [3.63, 3.8) is 0 Å². The van der Waals surface area contributed by atoms with Crippen molar-refractivity contribution in [1.82, 2.24) is 25.3 Å². The van der Waals surface area contributed by atoms with Gasteiger partial charge in [-0.15, -0.1) is 0 Å². The number of aryl methyl sites for hydroxylation is 1. The molecule has 3 aromatic rings. The molecule has 1 amide bonds. The number of carbonyl (C=O) groups is 1. The Balaban J connectivity index is 1.56. The number of likely N-dealkylation sites (tertiary alicyclic amines) is 1. The van der Waals surface area contributed by atoms with Crippen LogP contribution in [0.1, 0.15) is 28.0 Å². The number of amides is 1. The van der Waals surface area contributed by atoms with Gasteiger partial charge in [-0.2, -0.15) is 15.4 Å². The summed E-state index contributed by atoms with van der Waals surface area (Å²) >= 11 is 0. The van der Waals surface area contributed by atoms with Crippen molar-refractivity contribution in [2.75, 3.05) is 13.1 Å². The number of benzene rings is 1. The summed E-state index contributed by atoms with van der Waals surface area (Å²) in [4.78, 5) is 18.7. The molecule has 1 fully saturated rings. The average molecular weight is 349 g/mol. The van der Waals surface area contributed by atoms with Gasteiger partial charge in [0.1, 0.15) is 11.3 Å². The van der Waals surface area contributed by atoms with Crippen molar-refractivity contribution in [2.45, 2.75) is 18.9 Å². The molecular weight excluding hydrogens is 330 g/mol. The van der Waals surface area contributed by atoms with Crippen molar-refractivity contribution >= 4 is 5.91 Å². The summed E-state index contributed by atoms with van der Waals surface area (Å²) in [5, 5.41) is 21.0. The van der Waals surface area contributed by atoms with E-state index < -0.39 is 5.60 Å². The molecule has 0 spiro atoms. The predicted molar refractivity (Wildman–Crippen MR) is 95.2 cm³/mol. The molecule has 0 radical (unpaired) electrons. The molecule has 1 unspecified atom stereocenters. The largest absolute Gasteiger partial charge is 0.381 e. The highest BCUT2D eigenvalue weighted by atomic mass is 16.3. The summed E-state index contributed by atoms with van der Waals surface area (Å²) in [6.07, 6.45) is 5.23. The Morgan fingerprint density at radius 2 is 2.00 bits per heavy atom. The Kier molecular flexibility index (Phi) is 4.00. The molecule has 2 aromatic heterocycles. The zero-order valence-electron chi connectivity index (χ0n) is 14.4. The number of nitrogens with one attached hydrogen (secondary N) is 1. The normalized spacial score (nSPS) is 19.7. The molecule has 26 heavy (non-hydrogen) atoms. The summed E-state index contributed by atoms with van der Waals surface area (Å²) in [6.45, 7) is 2.68. The molecule has 7 heteroatoms. The number of hydrogen-bond donors (Lipinski definition) is 2. The number of aromatic nitrogens is 4. The van der Waals surface area contributed by atoms with Gasteiger partial charge in [0, 0.05) is 30.9 Å². The van der Waals surface area contributed by atoms with Crippen LogP contribution in [0.3, 0.4) is 0 Å². The van der Waals surface area contributed by atoms with Gasteiger partial charge in [-0.3, -0.25) is 9.78 Å². The van der Waals surface area contributed by atoms with E-state index in [1.54, 1.807) is 17.3 Å². The third-order valence-corrected chi connectivity index (χ3v) is 4.80. The standard InChI is InChI=1S/C19H19N5O2/c1-13-2-4-14(5-3-13)15-8-16(10-20-9-15)18(25)24-7-6-19(26,12-24)17-11-21-23-22-17/h2-5,8-11,26H,6-7,12H2,1H3,(H,21,22,23). The topological polar surface area (TPSA) is 95.0 Å². The van der Waals surface area contributed by atoms with Gasteiger partial charge in [-0.05, 0) is 18.6 Å². The Hall–Kier alpha value is -3.06. The van der Waals surface area contributed by atoms with Gasteiger partial charge in [-0.25, -0.2) is 0 Å². The number of β-amino-alcohol motifs (C(OH)–C–C–N with tert-alkyl or cyclic N) is 1. The van der Waals surface area contributed by atoms with Gasteiger partial charge >= 0.3 is 0 Å². The molecule has 132 valence electrons. The van der Waals surface area contributed by atoms with E-state index in [1.807, 2.05) is 37.3 Å². The van der Waals surface area contributed by atoms with Crippen molar-refractivity contribution < 1.29 is 9.90 Å². The van der Waals surface area contributed by atoms with Gasteiger partial charge in [0.15, 0.2) is 0 Å². The summed E-state index contributed by atoms with van der Waals surface area (Å²) in [5.41, 5.74) is 2.88. The lowest BCUT2D eigenvalue weighted by Gasteiger charge is -2.21. The Morgan fingerprint density at radius 1 is 1.19 bits per heavy atom. The quantitative estimate of drug-likeness (QED) is 0.753. The fourth-order valence-corrected chi connectivity index (χ4v) is 3.25. The zero-order valence-corrected chi connectivity index (χ0v) is 14.4. The number of pyridine rings is 1. The maximum atomic E-state index is 12.9. The van der Waals surface area contributed by atoms with Crippen LogP contribution < -0.4 is 0 Å². The number of aromatic amines is 1. The van der Waals surface area contributed by atoms with E-state index in [1.165, 1.54) is 11.8 Å². The molecule has 1 aromatic carbocycles. The van der Waals surface area contributed by atoms with Crippen LogP contribution in [0, 0.1) is 6.92 Å². The fourth-order valence-electron chi connectivity index (χ4n) is 3.25. The third kappa shape index (κ3) is 2.97. The average Bonchev–Trinajstić information content (AvgIpc) is 3.33. The molecule has 1 saturated heterocycles. The smallest absolute Gasteiger partial charge is 0.255 e. The fraction of sp³-hybridized carbons (Fsp3) is 0.263. The predicted octanol–water partition coefficient (Wildman–Crippen LogP) is 1.91. The van der Waals surface area contributed by atoms with Crippen LogP contribution in [-0.2, 0) is 5.60 Å². The van der Waals surface area contributed by atoms with Crippen LogP contribution in [0.5, 0.6) is 0 Å². The lowest BCUT2D eigenvalue weighted by atomic mass is 10.00. The lowest BCUT2D eigenvalue weighted by molar-refractivity contribution is 0.0382. The second kappa shape index (κ2) is 6.34. The molecule has 2 N–H and O–H groups in total. The van der Waals surface area contributed by atoms with Crippen molar-refractivity contribution in [3.8, 4) is 11.1 Å². The van der Waals surface area contributed by atoms with E-state index in [-0.39, 0.29) is 12.5 Å². The van der Waals surface area contributed by atoms with Crippen LogP contribution in [0.2, 0.25) is 0 Å². The monoisotopic (exact) mass is 349 g/mol. The zero-order chi connectivity index (χ0) is 18.1. The molecule has 1 aliphatic rings. The van der Waals surface area contributed by atoms with E-state index in [0.29, 0.717) is 24.2 Å². The molecule has 1 aliphatic heterocycles. The second-order valence-corrected chi connectivity index (χ2v) is 6.69. The van der Waals surface area contributed by atoms with Crippen molar-refractivity contribution in [1.29, 1.82) is 0 Å². The first-order chi connectivity index (χ1) is 12.5. The number of H-pyrrole nitrogens is 1. The molecule has 4 rings (SSSR count). The SMILES string of the molecule is Cc1ccc(-c2cncc(C(=O)N3CCC(O)(c4cn[nH]n4)C3)c2)cc1. The lowest BCUT2D eigenvalue weighted by Crippen LogP contribution is -2.34. The van der Waals surface area contributed by atoms with Gasteiger partial charge in [0.25, 0.3) is 5.91 Å². The summed E-state index contributed by atoms with van der Waals surface area (Å²) in [6, 6.07) is 9.93. The summed E-state index contributed by atoms with van der Waals surface area (Å²) < 4.78 is 0. The van der Waals surface area contributed by atoms with Crippen LogP contribution in [0.4, 0.5) is 0 Å². The van der Waals surface area contributed by atoms with E-state index >= 15 is 0 Å². The number of nitrogens with zero attached hydrogens (tertiary/aromatic N) is 4. The van der Waals surface area contributed by atoms with Crippen LogP contribution in [0.15, 0.2) is 48.9 Å². The van der Waals surface area contributed by atoms with Gasteiger partial charge < -0.3 is 10.0 Å². The van der Waals surface area contributed by atoms with E-state index in [0.717, 1.165) is 11.1 Å². The molecule has 0 saturated carbocycles. The maximum Gasteiger partial charge on any atom is 0.255 e. The second-order valence-electron chi connectivity index (χ2n) is 6.69. The highest BCUT2D eigenvalue weighted by Gasteiger charge is 2.41. The first-order valence-corrected chi connectivity index (χ1v) is 8.45. The first kappa shape index (κ1) is 16.4. The number of carbonyl (C=O) groups excluding carboxylic acids is 1.